The predicted octanol–water partition coefficient (Wildman–Crippen LogP) is 4.75. The van der Waals surface area contributed by atoms with Gasteiger partial charge in [-0.3, -0.25) is 4.79 Å². The molecule has 0 amide bonds. The highest BCUT2D eigenvalue weighted by Gasteiger charge is 2.16. The van der Waals surface area contributed by atoms with Gasteiger partial charge in [-0.15, -0.1) is 0 Å². The van der Waals surface area contributed by atoms with Crippen LogP contribution in [0.3, 0.4) is 0 Å². The van der Waals surface area contributed by atoms with E-state index in [0.29, 0.717) is 19.6 Å². The summed E-state index contributed by atoms with van der Waals surface area (Å²) in [6.07, 6.45) is 7.60. The van der Waals surface area contributed by atoms with Crippen molar-refractivity contribution in [3.8, 4) is 5.75 Å². The fourth-order valence-corrected chi connectivity index (χ4v) is 3.03. The highest BCUT2D eigenvalue weighted by Crippen LogP contribution is 2.16. The summed E-state index contributed by atoms with van der Waals surface area (Å²) in [5.41, 5.74) is 4.03. The first kappa shape index (κ1) is 19.8. The Kier molecular flexibility index (Phi) is 6.99. The molecule has 0 fully saturated rings. The van der Waals surface area contributed by atoms with E-state index in [1.54, 1.807) is 0 Å². The Morgan fingerprint density at radius 1 is 1.18 bits per heavy atom. The third-order valence-electron chi connectivity index (χ3n) is 4.62. The van der Waals surface area contributed by atoms with Crippen LogP contribution < -0.4 is 10.1 Å². The van der Waals surface area contributed by atoms with Gasteiger partial charge in [-0.1, -0.05) is 67.3 Å². The second kappa shape index (κ2) is 9.86. The summed E-state index contributed by atoms with van der Waals surface area (Å²) >= 11 is 0. The minimum Gasteiger partial charge on any atom is -0.489 e. The van der Waals surface area contributed by atoms with Crippen LogP contribution in [0.4, 0.5) is 0 Å². The van der Waals surface area contributed by atoms with Crippen LogP contribution in [0.15, 0.2) is 84.5 Å². The topological polar surface area (TPSA) is 38.3 Å². The van der Waals surface area contributed by atoms with Gasteiger partial charge in [-0.2, -0.15) is 0 Å². The molecular formula is C25H27NO2. The molecule has 1 atom stereocenters. The van der Waals surface area contributed by atoms with Crippen molar-refractivity contribution in [2.24, 2.45) is 0 Å². The lowest BCUT2D eigenvalue weighted by Gasteiger charge is -2.20. The van der Waals surface area contributed by atoms with E-state index in [-0.39, 0.29) is 11.8 Å². The van der Waals surface area contributed by atoms with E-state index in [9.17, 15) is 4.79 Å². The molecular weight excluding hydrogens is 346 g/mol. The molecule has 1 aliphatic rings. The predicted molar refractivity (Wildman–Crippen MR) is 115 cm³/mol. The lowest BCUT2D eigenvalue weighted by atomic mass is 9.97. The average molecular weight is 373 g/mol. The van der Waals surface area contributed by atoms with Gasteiger partial charge in [0.05, 0.1) is 0 Å². The quantitative estimate of drug-likeness (QED) is 0.678. The van der Waals surface area contributed by atoms with Crippen molar-refractivity contribution in [3.05, 3.63) is 95.6 Å². The van der Waals surface area contributed by atoms with Gasteiger partial charge >= 0.3 is 0 Å². The van der Waals surface area contributed by atoms with Crippen molar-refractivity contribution in [3.63, 3.8) is 0 Å². The van der Waals surface area contributed by atoms with Crippen molar-refractivity contribution >= 4 is 11.9 Å². The minimum atomic E-state index is 0.175. The minimum absolute atomic E-state index is 0.175. The molecule has 0 aromatic heterocycles. The standard InChI is InChI=1S/C25H27NO2/c1-19(2)18-28-24-14-9-21(10-15-24)16-25(27)22-11-13-23(26-17-22)12-8-20-6-4-3-5-7-20/h3-12,14-15,23,26H,1,13,16-18H2,2H3. The van der Waals surface area contributed by atoms with Crippen molar-refractivity contribution in [1.82, 2.24) is 5.32 Å². The molecule has 0 saturated carbocycles. The second-order valence-electron chi connectivity index (χ2n) is 7.21. The summed E-state index contributed by atoms with van der Waals surface area (Å²) in [4.78, 5) is 12.6. The molecule has 1 N–H and O–H groups in total. The molecule has 0 bridgehead atoms. The Labute approximate surface area is 167 Å². The molecule has 3 nitrogen and oxygen atoms in total. The lowest BCUT2D eigenvalue weighted by molar-refractivity contribution is -0.115. The number of Topliss-reactive ketones (excluding diaryl/α,β-unsaturated/α-hetero) is 1. The van der Waals surface area contributed by atoms with Crippen LogP contribution in [0, 0.1) is 0 Å². The lowest BCUT2D eigenvalue weighted by Crippen LogP contribution is -2.34. The summed E-state index contributed by atoms with van der Waals surface area (Å²) < 4.78 is 5.60. The summed E-state index contributed by atoms with van der Waals surface area (Å²) in [6, 6.07) is 18.2. The summed E-state index contributed by atoms with van der Waals surface area (Å²) in [7, 11) is 0. The van der Waals surface area contributed by atoms with Gasteiger partial charge in [0.1, 0.15) is 12.4 Å². The van der Waals surface area contributed by atoms with Crippen LogP contribution in [0.1, 0.15) is 24.5 Å². The maximum atomic E-state index is 12.6. The second-order valence-corrected chi connectivity index (χ2v) is 7.21. The highest BCUT2D eigenvalue weighted by atomic mass is 16.5. The van der Waals surface area contributed by atoms with E-state index in [4.69, 9.17) is 4.74 Å². The van der Waals surface area contributed by atoms with E-state index >= 15 is 0 Å². The first-order valence-electron chi connectivity index (χ1n) is 9.65. The molecule has 28 heavy (non-hydrogen) atoms. The molecule has 2 aromatic carbocycles. The third kappa shape index (κ3) is 6.07. The molecule has 3 rings (SSSR count). The average Bonchev–Trinajstić information content (AvgIpc) is 2.73. The van der Waals surface area contributed by atoms with Gasteiger partial charge in [-0.05, 0) is 42.2 Å². The number of nitrogens with one attached hydrogen (secondary N) is 1. The Balaban J connectivity index is 1.50. The van der Waals surface area contributed by atoms with Gasteiger partial charge in [0.15, 0.2) is 5.78 Å². The normalized spacial score (nSPS) is 16.6. The summed E-state index contributed by atoms with van der Waals surface area (Å²) in [5, 5.41) is 3.44. The Morgan fingerprint density at radius 3 is 2.57 bits per heavy atom. The van der Waals surface area contributed by atoms with Gasteiger partial charge in [0.2, 0.25) is 0 Å². The molecule has 0 saturated heterocycles. The molecule has 0 spiro atoms. The highest BCUT2D eigenvalue weighted by molar-refractivity contribution is 5.97. The SMILES string of the molecule is C=C(C)COc1ccc(CC(=O)C2=CCC(C=Cc3ccccc3)NC2)cc1. The molecule has 1 heterocycles. The van der Waals surface area contributed by atoms with Crippen molar-refractivity contribution in [1.29, 1.82) is 0 Å². The zero-order chi connectivity index (χ0) is 19.8. The summed E-state index contributed by atoms with van der Waals surface area (Å²) in [5.74, 6) is 0.972. The van der Waals surface area contributed by atoms with E-state index in [1.807, 2.05) is 49.4 Å². The molecule has 0 aliphatic carbocycles. The Hall–Kier alpha value is -2.91. The monoisotopic (exact) mass is 373 g/mol. The van der Waals surface area contributed by atoms with Crippen molar-refractivity contribution < 1.29 is 9.53 Å². The van der Waals surface area contributed by atoms with Crippen LogP contribution in [-0.2, 0) is 11.2 Å². The fraction of sp³-hybridized carbons (Fsp3) is 0.240. The summed E-state index contributed by atoms with van der Waals surface area (Å²) in [6.45, 7) is 6.88. The number of rotatable bonds is 8. The molecule has 3 heteroatoms. The zero-order valence-electron chi connectivity index (χ0n) is 16.4. The maximum absolute atomic E-state index is 12.6. The number of ketones is 1. The Bertz CT molecular complexity index is 863. The van der Waals surface area contributed by atoms with Crippen LogP contribution >= 0.6 is 0 Å². The van der Waals surface area contributed by atoms with Crippen LogP contribution in [0.2, 0.25) is 0 Å². The number of benzene rings is 2. The fourth-order valence-electron chi connectivity index (χ4n) is 3.03. The number of ether oxygens (including phenoxy) is 1. The maximum Gasteiger partial charge on any atom is 0.164 e. The largest absolute Gasteiger partial charge is 0.489 e. The van der Waals surface area contributed by atoms with Gasteiger partial charge in [0.25, 0.3) is 0 Å². The van der Waals surface area contributed by atoms with Crippen LogP contribution in [0.5, 0.6) is 5.75 Å². The third-order valence-corrected chi connectivity index (χ3v) is 4.62. The van der Waals surface area contributed by atoms with Crippen LogP contribution in [-0.4, -0.2) is 25.0 Å². The number of carbonyl (C=O) groups is 1. The van der Waals surface area contributed by atoms with E-state index in [1.165, 1.54) is 5.56 Å². The molecule has 1 unspecified atom stereocenters. The van der Waals surface area contributed by atoms with Crippen molar-refractivity contribution in [2.75, 3.05) is 13.2 Å². The molecule has 144 valence electrons. The molecule has 2 aromatic rings. The molecule has 0 radical (unpaired) electrons. The first-order valence-corrected chi connectivity index (χ1v) is 9.65. The van der Waals surface area contributed by atoms with E-state index < -0.39 is 0 Å². The van der Waals surface area contributed by atoms with Crippen molar-refractivity contribution in [2.45, 2.75) is 25.8 Å². The molecule has 1 aliphatic heterocycles. The van der Waals surface area contributed by atoms with Gasteiger partial charge in [-0.25, -0.2) is 0 Å². The van der Waals surface area contributed by atoms with Crippen LogP contribution in [0.25, 0.3) is 6.08 Å². The first-order chi connectivity index (χ1) is 13.6. The smallest absolute Gasteiger partial charge is 0.164 e. The number of carbonyl (C=O) groups excluding carboxylic acids is 1. The van der Waals surface area contributed by atoms with Gasteiger partial charge < -0.3 is 10.1 Å². The number of hydrogen-bond donors (Lipinski definition) is 1. The van der Waals surface area contributed by atoms with E-state index in [0.717, 1.165) is 28.9 Å². The van der Waals surface area contributed by atoms with Gasteiger partial charge in [0, 0.05) is 24.6 Å². The number of hydrogen-bond acceptors (Lipinski definition) is 3. The Morgan fingerprint density at radius 2 is 1.93 bits per heavy atom. The zero-order valence-corrected chi connectivity index (χ0v) is 16.4. The van der Waals surface area contributed by atoms with E-state index in [2.05, 4.69) is 42.3 Å².